The standard InChI is InChI=1S/C16H16FN3/c1-11(12-6-3-2-4-7-12)10-20-14-9-5-8-13(17)15(14)19-16(20)18/h2-9,11H,10H2,1H3,(H2,18,19). The van der Waals surface area contributed by atoms with Crippen molar-refractivity contribution in [2.45, 2.75) is 19.4 Å². The third kappa shape index (κ3) is 2.13. The number of nitrogen functional groups attached to an aromatic ring is 1. The number of nitrogens with two attached hydrogens (primary N) is 1. The highest BCUT2D eigenvalue weighted by Gasteiger charge is 2.14. The number of imidazole rings is 1. The summed E-state index contributed by atoms with van der Waals surface area (Å²) in [5.41, 5.74) is 8.24. The summed E-state index contributed by atoms with van der Waals surface area (Å²) in [5.74, 6) is 0.298. The van der Waals surface area contributed by atoms with Gasteiger partial charge in [-0.15, -0.1) is 0 Å². The molecule has 1 atom stereocenters. The molecular formula is C16H16FN3. The van der Waals surface area contributed by atoms with Gasteiger partial charge in [-0.3, -0.25) is 0 Å². The SMILES string of the molecule is CC(Cn1c(N)nc2c(F)cccc21)c1ccccc1. The van der Waals surface area contributed by atoms with Gasteiger partial charge in [0.2, 0.25) is 5.95 Å². The number of fused-ring (bicyclic) bond motifs is 1. The van der Waals surface area contributed by atoms with Crippen molar-refractivity contribution >= 4 is 17.0 Å². The maximum atomic E-state index is 13.7. The largest absolute Gasteiger partial charge is 0.369 e. The Morgan fingerprint density at radius 3 is 2.65 bits per heavy atom. The van der Waals surface area contributed by atoms with Gasteiger partial charge in [-0.05, 0) is 23.6 Å². The van der Waals surface area contributed by atoms with E-state index in [4.69, 9.17) is 5.73 Å². The van der Waals surface area contributed by atoms with Crippen molar-refractivity contribution in [2.75, 3.05) is 5.73 Å². The van der Waals surface area contributed by atoms with Crippen LogP contribution in [0.5, 0.6) is 0 Å². The molecule has 20 heavy (non-hydrogen) atoms. The molecule has 0 fully saturated rings. The molecule has 0 saturated heterocycles. The first-order valence-electron chi connectivity index (χ1n) is 6.62. The zero-order chi connectivity index (χ0) is 14.1. The highest BCUT2D eigenvalue weighted by molar-refractivity contribution is 5.78. The zero-order valence-electron chi connectivity index (χ0n) is 11.3. The van der Waals surface area contributed by atoms with Gasteiger partial charge in [0.15, 0.2) is 5.82 Å². The van der Waals surface area contributed by atoms with Gasteiger partial charge in [-0.2, -0.15) is 0 Å². The summed E-state index contributed by atoms with van der Waals surface area (Å²) in [4.78, 5) is 4.13. The van der Waals surface area contributed by atoms with Crippen LogP contribution in [-0.2, 0) is 6.54 Å². The second-order valence-corrected chi connectivity index (χ2v) is 5.00. The molecule has 3 aromatic rings. The number of rotatable bonds is 3. The van der Waals surface area contributed by atoms with Crippen molar-refractivity contribution in [1.82, 2.24) is 9.55 Å². The first-order valence-corrected chi connectivity index (χ1v) is 6.62. The number of hydrogen-bond acceptors (Lipinski definition) is 2. The number of anilines is 1. The Hall–Kier alpha value is -2.36. The summed E-state index contributed by atoms with van der Waals surface area (Å²) in [6.07, 6.45) is 0. The Balaban J connectivity index is 1.99. The fraction of sp³-hybridized carbons (Fsp3) is 0.188. The molecule has 3 nitrogen and oxygen atoms in total. The monoisotopic (exact) mass is 269 g/mol. The number of benzene rings is 2. The van der Waals surface area contributed by atoms with Crippen molar-refractivity contribution in [3.05, 3.63) is 59.9 Å². The molecule has 0 bridgehead atoms. The summed E-state index contributed by atoms with van der Waals surface area (Å²) in [6, 6.07) is 15.1. The lowest BCUT2D eigenvalue weighted by atomic mass is 10.0. The van der Waals surface area contributed by atoms with Crippen LogP contribution in [0.4, 0.5) is 10.3 Å². The minimum atomic E-state index is -0.333. The summed E-state index contributed by atoms with van der Waals surface area (Å²) in [7, 11) is 0. The van der Waals surface area contributed by atoms with Gasteiger partial charge in [0, 0.05) is 6.54 Å². The molecule has 0 aliphatic rings. The maximum Gasteiger partial charge on any atom is 0.201 e. The molecule has 0 amide bonds. The Morgan fingerprint density at radius 1 is 1.15 bits per heavy atom. The Labute approximate surface area is 116 Å². The van der Waals surface area contributed by atoms with Gasteiger partial charge in [-0.1, -0.05) is 43.3 Å². The van der Waals surface area contributed by atoms with E-state index in [1.54, 1.807) is 6.07 Å². The average Bonchev–Trinajstić information content (AvgIpc) is 2.78. The number of para-hydroxylation sites is 1. The van der Waals surface area contributed by atoms with Crippen molar-refractivity contribution in [1.29, 1.82) is 0 Å². The molecule has 2 N–H and O–H groups in total. The summed E-state index contributed by atoms with van der Waals surface area (Å²) in [6.45, 7) is 2.80. The summed E-state index contributed by atoms with van der Waals surface area (Å²) < 4.78 is 15.6. The van der Waals surface area contributed by atoms with E-state index in [2.05, 4.69) is 24.0 Å². The van der Waals surface area contributed by atoms with Crippen LogP contribution >= 0.6 is 0 Å². The van der Waals surface area contributed by atoms with Crippen LogP contribution in [0.1, 0.15) is 18.4 Å². The number of aromatic nitrogens is 2. The molecule has 3 rings (SSSR count). The van der Waals surface area contributed by atoms with Crippen LogP contribution in [0, 0.1) is 5.82 Å². The first kappa shape index (κ1) is 12.7. The summed E-state index contributed by atoms with van der Waals surface area (Å²) >= 11 is 0. The molecule has 1 unspecified atom stereocenters. The first-order chi connectivity index (χ1) is 9.66. The normalized spacial score (nSPS) is 12.7. The molecule has 102 valence electrons. The third-order valence-corrected chi connectivity index (χ3v) is 3.58. The Kier molecular flexibility index (Phi) is 3.14. The highest BCUT2D eigenvalue weighted by Crippen LogP contribution is 2.24. The van der Waals surface area contributed by atoms with E-state index < -0.39 is 0 Å². The molecule has 2 aromatic carbocycles. The van der Waals surface area contributed by atoms with Crippen molar-refractivity contribution in [2.24, 2.45) is 0 Å². The van der Waals surface area contributed by atoms with E-state index >= 15 is 0 Å². The van der Waals surface area contributed by atoms with Crippen LogP contribution in [-0.4, -0.2) is 9.55 Å². The molecule has 1 heterocycles. The molecule has 0 aliphatic heterocycles. The molecular weight excluding hydrogens is 253 g/mol. The number of halogens is 1. The maximum absolute atomic E-state index is 13.7. The second-order valence-electron chi connectivity index (χ2n) is 5.00. The molecule has 4 heteroatoms. The molecule has 1 aromatic heterocycles. The minimum absolute atomic E-state index is 0.277. The molecule has 0 radical (unpaired) electrons. The van der Waals surface area contributed by atoms with Gasteiger partial charge in [0.1, 0.15) is 5.52 Å². The lowest BCUT2D eigenvalue weighted by Gasteiger charge is -2.14. The van der Waals surface area contributed by atoms with Gasteiger partial charge in [0.25, 0.3) is 0 Å². The smallest absolute Gasteiger partial charge is 0.201 e. The van der Waals surface area contributed by atoms with Crippen LogP contribution in [0.15, 0.2) is 48.5 Å². The quantitative estimate of drug-likeness (QED) is 0.790. The van der Waals surface area contributed by atoms with Crippen molar-refractivity contribution in [3.8, 4) is 0 Å². The van der Waals surface area contributed by atoms with Gasteiger partial charge in [-0.25, -0.2) is 9.37 Å². The van der Waals surface area contributed by atoms with Crippen LogP contribution in [0.2, 0.25) is 0 Å². The van der Waals surface area contributed by atoms with E-state index in [0.29, 0.717) is 18.0 Å². The highest BCUT2D eigenvalue weighted by atomic mass is 19.1. The lowest BCUT2D eigenvalue weighted by Crippen LogP contribution is -2.09. The third-order valence-electron chi connectivity index (χ3n) is 3.58. The fourth-order valence-electron chi connectivity index (χ4n) is 2.48. The molecule has 0 spiro atoms. The van der Waals surface area contributed by atoms with E-state index in [9.17, 15) is 4.39 Å². The van der Waals surface area contributed by atoms with E-state index in [1.807, 2.05) is 28.8 Å². The Morgan fingerprint density at radius 2 is 1.90 bits per heavy atom. The lowest BCUT2D eigenvalue weighted by molar-refractivity contribution is 0.616. The average molecular weight is 269 g/mol. The Bertz CT molecular complexity index is 734. The molecule has 0 aliphatic carbocycles. The second kappa shape index (κ2) is 4.96. The van der Waals surface area contributed by atoms with Crippen molar-refractivity contribution in [3.63, 3.8) is 0 Å². The van der Waals surface area contributed by atoms with Crippen LogP contribution in [0.25, 0.3) is 11.0 Å². The number of hydrogen-bond donors (Lipinski definition) is 1. The molecule has 0 saturated carbocycles. The van der Waals surface area contributed by atoms with E-state index in [-0.39, 0.29) is 11.7 Å². The summed E-state index contributed by atoms with van der Waals surface area (Å²) in [5, 5.41) is 0. The van der Waals surface area contributed by atoms with Crippen LogP contribution < -0.4 is 5.73 Å². The van der Waals surface area contributed by atoms with Gasteiger partial charge >= 0.3 is 0 Å². The van der Waals surface area contributed by atoms with E-state index in [1.165, 1.54) is 11.6 Å². The minimum Gasteiger partial charge on any atom is -0.369 e. The van der Waals surface area contributed by atoms with Gasteiger partial charge in [0.05, 0.1) is 5.52 Å². The fourth-order valence-corrected chi connectivity index (χ4v) is 2.48. The topological polar surface area (TPSA) is 43.8 Å². The van der Waals surface area contributed by atoms with Crippen LogP contribution in [0.3, 0.4) is 0 Å². The zero-order valence-corrected chi connectivity index (χ0v) is 11.3. The van der Waals surface area contributed by atoms with E-state index in [0.717, 1.165) is 5.52 Å². The predicted molar refractivity (Wildman–Crippen MR) is 79.0 cm³/mol. The van der Waals surface area contributed by atoms with Crippen molar-refractivity contribution < 1.29 is 4.39 Å². The number of nitrogens with zero attached hydrogens (tertiary/aromatic N) is 2. The van der Waals surface area contributed by atoms with Gasteiger partial charge < -0.3 is 10.3 Å². The predicted octanol–water partition coefficient (Wildman–Crippen LogP) is 3.56.